The molecular weight excluding hydrogens is 424 g/mol. The van der Waals surface area contributed by atoms with E-state index in [9.17, 15) is 8.42 Å². The second-order valence-electron chi connectivity index (χ2n) is 6.52. The molecular formula is C22H23ClN2O4S. The van der Waals surface area contributed by atoms with Gasteiger partial charge in [0.15, 0.2) is 11.5 Å². The van der Waals surface area contributed by atoms with Crippen molar-refractivity contribution in [2.75, 3.05) is 11.9 Å². The van der Waals surface area contributed by atoms with Crippen LogP contribution < -0.4 is 19.9 Å². The number of primary sulfonamides is 1. The summed E-state index contributed by atoms with van der Waals surface area (Å²) in [5.74, 6) is 1.32. The number of hydrogen-bond donors (Lipinski definition) is 2. The summed E-state index contributed by atoms with van der Waals surface area (Å²) in [6.07, 6.45) is 0. The maximum absolute atomic E-state index is 11.4. The molecule has 0 radical (unpaired) electrons. The number of halogens is 1. The normalized spacial score (nSPS) is 11.2. The number of nitrogens with two attached hydrogens (primary N) is 1. The highest BCUT2D eigenvalue weighted by Gasteiger charge is 2.12. The minimum atomic E-state index is -3.71. The summed E-state index contributed by atoms with van der Waals surface area (Å²) in [6.45, 7) is 3.27. The monoisotopic (exact) mass is 446 g/mol. The Morgan fingerprint density at radius 1 is 0.967 bits per heavy atom. The third-order valence-electron chi connectivity index (χ3n) is 4.32. The lowest BCUT2D eigenvalue weighted by Crippen LogP contribution is -2.12. The minimum Gasteiger partial charge on any atom is -0.490 e. The van der Waals surface area contributed by atoms with Gasteiger partial charge in [-0.05, 0) is 55.0 Å². The molecule has 0 bridgehead atoms. The van der Waals surface area contributed by atoms with Gasteiger partial charge in [0, 0.05) is 22.8 Å². The number of ether oxygens (including phenoxy) is 2. The predicted octanol–water partition coefficient (Wildman–Crippen LogP) is 4.58. The van der Waals surface area contributed by atoms with E-state index in [2.05, 4.69) is 5.32 Å². The van der Waals surface area contributed by atoms with Gasteiger partial charge in [0.25, 0.3) is 0 Å². The van der Waals surface area contributed by atoms with Gasteiger partial charge in [-0.25, -0.2) is 13.6 Å². The second kappa shape index (κ2) is 9.84. The van der Waals surface area contributed by atoms with Crippen LogP contribution in [0.2, 0.25) is 5.02 Å². The molecule has 3 N–H and O–H groups in total. The SMILES string of the molecule is CCOc1cccc(CNc2ccc(S(N)(=O)=O)cc2)c1OCc1ccc(Cl)cc1. The van der Waals surface area contributed by atoms with E-state index in [-0.39, 0.29) is 4.90 Å². The second-order valence-corrected chi connectivity index (χ2v) is 8.51. The molecule has 0 unspecified atom stereocenters. The highest BCUT2D eigenvalue weighted by atomic mass is 35.5. The summed E-state index contributed by atoms with van der Waals surface area (Å²) in [5, 5.41) is 9.08. The Hall–Kier alpha value is -2.74. The van der Waals surface area contributed by atoms with E-state index in [1.807, 2.05) is 49.4 Å². The van der Waals surface area contributed by atoms with Gasteiger partial charge in [-0.15, -0.1) is 0 Å². The Labute approximate surface area is 181 Å². The molecule has 0 amide bonds. The van der Waals surface area contributed by atoms with E-state index in [0.717, 1.165) is 16.8 Å². The Bertz CT molecular complexity index is 1090. The summed E-state index contributed by atoms with van der Waals surface area (Å²) in [6, 6.07) is 19.5. The quantitative estimate of drug-likeness (QED) is 0.502. The van der Waals surface area contributed by atoms with Crippen molar-refractivity contribution in [1.29, 1.82) is 0 Å². The first-order valence-electron chi connectivity index (χ1n) is 9.35. The van der Waals surface area contributed by atoms with Gasteiger partial charge in [-0.1, -0.05) is 35.9 Å². The van der Waals surface area contributed by atoms with E-state index < -0.39 is 10.0 Å². The molecule has 3 aromatic rings. The van der Waals surface area contributed by atoms with Crippen molar-refractivity contribution in [2.45, 2.75) is 25.0 Å². The number of nitrogens with one attached hydrogen (secondary N) is 1. The molecule has 0 aliphatic rings. The first-order valence-corrected chi connectivity index (χ1v) is 11.3. The van der Waals surface area contributed by atoms with Crippen LogP contribution in [0.4, 0.5) is 5.69 Å². The minimum absolute atomic E-state index is 0.0679. The number of sulfonamides is 1. The van der Waals surface area contributed by atoms with Gasteiger partial charge in [0.2, 0.25) is 10.0 Å². The molecule has 8 heteroatoms. The van der Waals surface area contributed by atoms with Crippen LogP contribution in [0, 0.1) is 0 Å². The Morgan fingerprint density at radius 3 is 2.30 bits per heavy atom. The van der Waals surface area contributed by atoms with E-state index in [0.29, 0.717) is 36.3 Å². The van der Waals surface area contributed by atoms with Crippen LogP contribution in [0.25, 0.3) is 0 Å². The molecule has 158 valence electrons. The third kappa shape index (κ3) is 5.89. The molecule has 0 aromatic heterocycles. The van der Waals surface area contributed by atoms with Crippen molar-refractivity contribution in [2.24, 2.45) is 5.14 Å². The number of anilines is 1. The zero-order valence-corrected chi connectivity index (χ0v) is 18.0. The zero-order chi connectivity index (χ0) is 21.6. The molecule has 3 aromatic carbocycles. The summed E-state index contributed by atoms with van der Waals surface area (Å²) >= 11 is 5.95. The molecule has 3 rings (SSSR count). The van der Waals surface area contributed by atoms with Crippen LogP contribution in [0.5, 0.6) is 11.5 Å². The van der Waals surface area contributed by atoms with Crippen LogP contribution in [0.1, 0.15) is 18.1 Å². The van der Waals surface area contributed by atoms with E-state index in [4.69, 9.17) is 26.2 Å². The summed E-state index contributed by atoms with van der Waals surface area (Å²) in [5.41, 5.74) is 2.65. The standard InChI is InChI=1S/C22H23ClN2O4S/c1-2-28-21-5-3-4-17(22(21)29-15-16-6-8-18(23)9-7-16)14-25-19-10-12-20(13-11-19)30(24,26)27/h3-13,25H,2,14-15H2,1H3,(H2,24,26,27). The van der Waals surface area contributed by atoms with Crippen LogP contribution >= 0.6 is 11.6 Å². The summed E-state index contributed by atoms with van der Waals surface area (Å²) < 4.78 is 34.6. The van der Waals surface area contributed by atoms with Crippen LogP contribution in [-0.2, 0) is 23.2 Å². The smallest absolute Gasteiger partial charge is 0.238 e. The van der Waals surface area contributed by atoms with Crippen molar-refractivity contribution in [3.05, 3.63) is 82.9 Å². The first kappa shape index (κ1) is 22.0. The molecule has 0 saturated heterocycles. The molecule has 0 aliphatic heterocycles. The van der Waals surface area contributed by atoms with Crippen LogP contribution in [0.3, 0.4) is 0 Å². The maximum atomic E-state index is 11.4. The lowest BCUT2D eigenvalue weighted by molar-refractivity contribution is 0.267. The van der Waals surface area contributed by atoms with E-state index >= 15 is 0 Å². The molecule has 0 fully saturated rings. The van der Waals surface area contributed by atoms with Crippen molar-refractivity contribution >= 4 is 27.3 Å². The molecule has 0 atom stereocenters. The third-order valence-corrected chi connectivity index (χ3v) is 5.50. The van der Waals surface area contributed by atoms with Crippen molar-refractivity contribution < 1.29 is 17.9 Å². The van der Waals surface area contributed by atoms with Crippen LogP contribution in [-0.4, -0.2) is 15.0 Å². The van der Waals surface area contributed by atoms with Gasteiger partial charge in [-0.3, -0.25) is 0 Å². The molecule has 0 aliphatic carbocycles. The van der Waals surface area contributed by atoms with E-state index in [1.54, 1.807) is 12.1 Å². The number of hydrogen-bond acceptors (Lipinski definition) is 5. The molecule has 0 heterocycles. The first-order chi connectivity index (χ1) is 14.4. The molecule has 0 spiro atoms. The number of benzene rings is 3. The Balaban J connectivity index is 1.76. The molecule has 0 saturated carbocycles. The Kier molecular flexibility index (Phi) is 7.20. The Morgan fingerprint density at radius 2 is 1.67 bits per heavy atom. The summed E-state index contributed by atoms with van der Waals surface area (Å²) in [7, 11) is -3.71. The largest absolute Gasteiger partial charge is 0.490 e. The number of para-hydroxylation sites is 1. The van der Waals surface area contributed by atoms with Gasteiger partial charge in [0.05, 0.1) is 11.5 Å². The average Bonchev–Trinajstić information content (AvgIpc) is 2.72. The lowest BCUT2D eigenvalue weighted by Gasteiger charge is -2.17. The highest BCUT2D eigenvalue weighted by molar-refractivity contribution is 7.89. The fourth-order valence-electron chi connectivity index (χ4n) is 2.83. The van der Waals surface area contributed by atoms with Gasteiger partial charge in [0.1, 0.15) is 6.61 Å². The van der Waals surface area contributed by atoms with Crippen molar-refractivity contribution in [1.82, 2.24) is 0 Å². The van der Waals surface area contributed by atoms with E-state index in [1.165, 1.54) is 12.1 Å². The molecule has 6 nitrogen and oxygen atoms in total. The van der Waals surface area contributed by atoms with Crippen molar-refractivity contribution in [3.63, 3.8) is 0 Å². The van der Waals surface area contributed by atoms with Crippen molar-refractivity contribution in [3.8, 4) is 11.5 Å². The van der Waals surface area contributed by atoms with Gasteiger partial charge in [-0.2, -0.15) is 0 Å². The number of rotatable bonds is 9. The summed E-state index contributed by atoms with van der Waals surface area (Å²) in [4.78, 5) is 0.0679. The average molecular weight is 447 g/mol. The highest BCUT2D eigenvalue weighted by Crippen LogP contribution is 2.33. The zero-order valence-electron chi connectivity index (χ0n) is 16.5. The predicted molar refractivity (Wildman–Crippen MR) is 119 cm³/mol. The molecule has 30 heavy (non-hydrogen) atoms. The van der Waals surface area contributed by atoms with Crippen LogP contribution in [0.15, 0.2) is 71.6 Å². The lowest BCUT2D eigenvalue weighted by atomic mass is 10.1. The fraction of sp³-hybridized carbons (Fsp3) is 0.182. The fourth-order valence-corrected chi connectivity index (χ4v) is 3.47. The topological polar surface area (TPSA) is 90.6 Å². The maximum Gasteiger partial charge on any atom is 0.238 e. The van der Waals surface area contributed by atoms with Gasteiger partial charge >= 0.3 is 0 Å². The van der Waals surface area contributed by atoms with Gasteiger partial charge < -0.3 is 14.8 Å².